The number of benzene rings is 1. The standard InChI is InChI=1S/C15H20N4O2/c1-9(2)7-13(16)15(20)18-12-6-4-5-11(8-12)14-17-10(3)21-19-14/h4-6,8-9,13H,7,16H2,1-3H3,(H,18,20)/t13-/m0/s1. The van der Waals surface area contributed by atoms with Crippen molar-refractivity contribution < 1.29 is 9.32 Å². The highest BCUT2D eigenvalue weighted by Gasteiger charge is 2.15. The number of anilines is 1. The maximum Gasteiger partial charge on any atom is 0.241 e. The van der Waals surface area contributed by atoms with Crippen LogP contribution in [0.5, 0.6) is 0 Å². The summed E-state index contributed by atoms with van der Waals surface area (Å²) in [6.45, 7) is 5.80. The molecule has 6 nitrogen and oxygen atoms in total. The molecule has 2 aromatic rings. The Morgan fingerprint density at radius 2 is 2.19 bits per heavy atom. The molecule has 1 amide bonds. The monoisotopic (exact) mass is 288 g/mol. The van der Waals surface area contributed by atoms with Gasteiger partial charge in [0.15, 0.2) is 0 Å². The number of carbonyl (C=O) groups is 1. The number of hydrogen-bond donors (Lipinski definition) is 2. The Morgan fingerprint density at radius 1 is 1.43 bits per heavy atom. The molecule has 1 heterocycles. The summed E-state index contributed by atoms with van der Waals surface area (Å²) in [5.41, 5.74) is 7.31. The van der Waals surface area contributed by atoms with Gasteiger partial charge in [-0.15, -0.1) is 0 Å². The van der Waals surface area contributed by atoms with Crippen LogP contribution < -0.4 is 11.1 Å². The molecule has 0 aliphatic carbocycles. The zero-order valence-corrected chi connectivity index (χ0v) is 12.5. The molecular formula is C15H20N4O2. The first-order valence-electron chi connectivity index (χ1n) is 6.93. The predicted octanol–water partition coefficient (Wildman–Crippen LogP) is 2.36. The lowest BCUT2D eigenvalue weighted by Gasteiger charge is -2.14. The van der Waals surface area contributed by atoms with Gasteiger partial charge < -0.3 is 15.6 Å². The highest BCUT2D eigenvalue weighted by atomic mass is 16.5. The van der Waals surface area contributed by atoms with Crippen LogP contribution in [-0.4, -0.2) is 22.1 Å². The molecule has 0 aliphatic heterocycles. The molecular weight excluding hydrogens is 268 g/mol. The van der Waals surface area contributed by atoms with E-state index in [0.29, 0.717) is 29.7 Å². The third-order valence-electron chi connectivity index (χ3n) is 2.98. The van der Waals surface area contributed by atoms with E-state index in [9.17, 15) is 4.79 Å². The third-order valence-corrected chi connectivity index (χ3v) is 2.98. The highest BCUT2D eigenvalue weighted by Crippen LogP contribution is 2.20. The molecule has 0 radical (unpaired) electrons. The van der Waals surface area contributed by atoms with E-state index in [0.717, 1.165) is 5.56 Å². The Bertz CT molecular complexity index is 622. The number of nitrogens with two attached hydrogens (primary N) is 1. The summed E-state index contributed by atoms with van der Waals surface area (Å²) in [5.74, 6) is 1.18. The molecule has 0 bridgehead atoms. The van der Waals surface area contributed by atoms with Gasteiger partial charge in [0.25, 0.3) is 0 Å². The van der Waals surface area contributed by atoms with Crippen LogP contribution in [0.25, 0.3) is 11.4 Å². The van der Waals surface area contributed by atoms with Crippen LogP contribution in [0.15, 0.2) is 28.8 Å². The van der Waals surface area contributed by atoms with Crippen molar-refractivity contribution in [3.63, 3.8) is 0 Å². The first-order chi connectivity index (χ1) is 9.95. The molecule has 112 valence electrons. The van der Waals surface area contributed by atoms with Crippen LogP contribution >= 0.6 is 0 Å². The highest BCUT2D eigenvalue weighted by molar-refractivity contribution is 5.95. The number of nitrogens with zero attached hydrogens (tertiary/aromatic N) is 2. The topological polar surface area (TPSA) is 94.0 Å². The van der Waals surface area contributed by atoms with Gasteiger partial charge in [0, 0.05) is 18.2 Å². The van der Waals surface area contributed by atoms with E-state index < -0.39 is 6.04 Å². The zero-order chi connectivity index (χ0) is 15.4. The van der Waals surface area contributed by atoms with Gasteiger partial charge in [0.1, 0.15) is 0 Å². The van der Waals surface area contributed by atoms with E-state index in [2.05, 4.69) is 15.5 Å². The number of aryl methyl sites for hydroxylation is 1. The summed E-state index contributed by atoms with van der Waals surface area (Å²) in [6, 6.07) is 6.76. The van der Waals surface area contributed by atoms with Crippen molar-refractivity contribution in [3.05, 3.63) is 30.2 Å². The second-order valence-corrected chi connectivity index (χ2v) is 5.44. The van der Waals surface area contributed by atoms with Crippen LogP contribution in [-0.2, 0) is 4.79 Å². The lowest BCUT2D eigenvalue weighted by atomic mass is 10.0. The van der Waals surface area contributed by atoms with Crippen molar-refractivity contribution in [3.8, 4) is 11.4 Å². The first kappa shape index (κ1) is 15.2. The molecule has 0 aliphatic rings. The van der Waals surface area contributed by atoms with Crippen molar-refractivity contribution in [1.82, 2.24) is 10.1 Å². The van der Waals surface area contributed by atoms with E-state index in [1.807, 2.05) is 26.0 Å². The number of amides is 1. The lowest BCUT2D eigenvalue weighted by molar-refractivity contribution is -0.117. The van der Waals surface area contributed by atoms with E-state index in [-0.39, 0.29) is 5.91 Å². The third kappa shape index (κ3) is 4.13. The Kier molecular flexibility index (Phi) is 4.70. The Balaban J connectivity index is 2.09. The molecule has 0 unspecified atom stereocenters. The smallest absolute Gasteiger partial charge is 0.241 e. The van der Waals surface area contributed by atoms with Gasteiger partial charge >= 0.3 is 0 Å². The van der Waals surface area contributed by atoms with Crippen molar-refractivity contribution in [1.29, 1.82) is 0 Å². The molecule has 3 N–H and O–H groups in total. The Hall–Kier alpha value is -2.21. The molecule has 0 spiro atoms. The maximum atomic E-state index is 12.0. The molecule has 6 heteroatoms. The first-order valence-corrected chi connectivity index (χ1v) is 6.93. The van der Waals surface area contributed by atoms with Crippen LogP contribution in [0.2, 0.25) is 0 Å². The second kappa shape index (κ2) is 6.49. The summed E-state index contributed by atoms with van der Waals surface area (Å²) in [7, 11) is 0. The SMILES string of the molecule is Cc1nc(-c2cccc(NC(=O)[C@@H](N)CC(C)C)c2)no1. The largest absolute Gasteiger partial charge is 0.339 e. The average Bonchev–Trinajstić information content (AvgIpc) is 2.85. The van der Waals surface area contributed by atoms with Crippen molar-refractivity contribution >= 4 is 11.6 Å². The van der Waals surface area contributed by atoms with E-state index >= 15 is 0 Å². The fraction of sp³-hybridized carbons (Fsp3) is 0.400. The number of nitrogens with one attached hydrogen (secondary N) is 1. The molecule has 1 atom stereocenters. The maximum absolute atomic E-state index is 12.0. The van der Waals surface area contributed by atoms with Gasteiger partial charge in [0.05, 0.1) is 6.04 Å². The molecule has 1 aromatic carbocycles. The van der Waals surface area contributed by atoms with Gasteiger partial charge in [-0.3, -0.25) is 4.79 Å². The van der Waals surface area contributed by atoms with Gasteiger partial charge in [-0.25, -0.2) is 0 Å². The van der Waals surface area contributed by atoms with Crippen molar-refractivity contribution in [2.24, 2.45) is 11.7 Å². The predicted molar refractivity (Wildman–Crippen MR) is 80.5 cm³/mol. The quantitative estimate of drug-likeness (QED) is 0.880. The minimum absolute atomic E-state index is 0.190. The Labute approximate surface area is 123 Å². The summed E-state index contributed by atoms with van der Waals surface area (Å²) < 4.78 is 4.95. The van der Waals surface area contributed by atoms with E-state index in [4.69, 9.17) is 10.3 Å². The minimum Gasteiger partial charge on any atom is -0.339 e. The molecule has 0 saturated heterocycles. The number of rotatable bonds is 5. The summed E-state index contributed by atoms with van der Waals surface area (Å²) >= 11 is 0. The molecule has 21 heavy (non-hydrogen) atoms. The summed E-state index contributed by atoms with van der Waals surface area (Å²) in [4.78, 5) is 16.2. The lowest BCUT2D eigenvalue weighted by Crippen LogP contribution is -2.36. The van der Waals surface area contributed by atoms with Crippen LogP contribution in [0.3, 0.4) is 0 Å². The van der Waals surface area contributed by atoms with E-state index in [1.54, 1.807) is 19.1 Å². The minimum atomic E-state index is -0.513. The number of hydrogen-bond acceptors (Lipinski definition) is 5. The van der Waals surface area contributed by atoms with Crippen LogP contribution in [0, 0.1) is 12.8 Å². The Morgan fingerprint density at radius 3 is 2.81 bits per heavy atom. The van der Waals surface area contributed by atoms with Gasteiger partial charge in [-0.1, -0.05) is 31.1 Å². The van der Waals surface area contributed by atoms with Crippen LogP contribution in [0.4, 0.5) is 5.69 Å². The molecule has 0 saturated carbocycles. The number of aromatic nitrogens is 2. The second-order valence-electron chi connectivity index (χ2n) is 5.44. The average molecular weight is 288 g/mol. The number of carbonyl (C=O) groups excluding carboxylic acids is 1. The molecule has 1 aromatic heterocycles. The summed E-state index contributed by atoms with van der Waals surface area (Å²) in [6.07, 6.45) is 0.648. The fourth-order valence-electron chi connectivity index (χ4n) is 2.00. The zero-order valence-electron chi connectivity index (χ0n) is 12.5. The normalized spacial score (nSPS) is 12.4. The summed E-state index contributed by atoms with van der Waals surface area (Å²) in [5, 5.41) is 6.67. The van der Waals surface area contributed by atoms with Gasteiger partial charge in [-0.05, 0) is 24.5 Å². The van der Waals surface area contributed by atoms with Gasteiger partial charge in [0.2, 0.25) is 17.6 Å². The molecule has 2 rings (SSSR count). The van der Waals surface area contributed by atoms with Crippen molar-refractivity contribution in [2.45, 2.75) is 33.2 Å². The van der Waals surface area contributed by atoms with E-state index in [1.165, 1.54) is 0 Å². The van der Waals surface area contributed by atoms with Gasteiger partial charge in [-0.2, -0.15) is 4.98 Å². The molecule has 0 fully saturated rings. The fourth-order valence-corrected chi connectivity index (χ4v) is 2.00. The van der Waals surface area contributed by atoms with Crippen LogP contribution in [0.1, 0.15) is 26.2 Å². The van der Waals surface area contributed by atoms with Crippen molar-refractivity contribution in [2.75, 3.05) is 5.32 Å².